The van der Waals surface area contributed by atoms with E-state index in [0.29, 0.717) is 18.0 Å². The van der Waals surface area contributed by atoms with E-state index in [1.54, 1.807) is 0 Å². The number of carbonyl (C=O) groups is 1. The van der Waals surface area contributed by atoms with Crippen molar-refractivity contribution in [1.29, 1.82) is 0 Å². The van der Waals surface area contributed by atoms with Gasteiger partial charge in [-0.15, -0.1) is 0 Å². The SMILES string of the molecule is CC1NCCC1C(=O)N1CCC(CN(C)C(C)C)CC1. The molecular formula is C16H31N3O. The van der Waals surface area contributed by atoms with Gasteiger partial charge in [0, 0.05) is 31.7 Å². The first kappa shape index (κ1) is 15.8. The van der Waals surface area contributed by atoms with Crippen molar-refractivity contribution in [3.05, 3.63) is 0 Å². The molecule has 0 spiro atoms. The Bertz CT molecular complexity index is 324. The normalized spacial score (nSPS) is 28.6. The van der Waals surface area contributed by atoms with Crippen LogP contribution in [-0.2, 0) is 4.79 Å². The monoisotopic (exact) mass is 281 g/mol. The van der Waals surface area contributed by atoms with Crippen molar-refractivity contribution in [1.82, 2.24) is 15.1 Å². The summed E-state index contributed by atoms with van der Waals surface area (Å²) in [7, 11) is 2.20. The molecule has 2 aliphatic heterocycles. The summed E-state index contributed by atoms with van der Waals surface area (Å²) in [5.41, 5.74) is 0. The maximum absolute atomic E-state index is 12.5. The van der Waals surface area contributed by atoms with Gasteiger partial charge in [-0.3, -0.25) is 4.79 Å². The summed E-state index contributed by atoms with van der Waals surface area (Å²) in [5, 5.41) is 3.38. The van der Waals surface area contributed by atoms with Crippen LogP contribution in [0.25, 0.3) is 0 Å². The largest absolute Gasteiger partial charge is 0.342 e. The minimum Gasteiger partial charge on any atom is -0.342 e. The topological polar surface area (TPSA) is 35.6 Å². The first-order chi connectivity index (χ1) is 9.49. The molecule has 0 radical (unpaired) electrons. The van der Waals surface area contributed by atoms with Crippen molar-refractivity contribution in [2.75, 3.05) is 33.2 Å². The van der Waals surface area contributed by atoms with E-state index in [-0.39, 0.29) is 5.92 Å². The summed E-state index contributed by atoms with van der Waals surface area (Å²) in [6.45, 7) is 10.7. The van der Waals surface area contributed by atoms with E-state index in [0.717, 1.165) is 44.8 Å². The molecular weight excluding hydrogens is 250 g/mol. The molecule has 0 aliphatic carbocycles. The molecule has 2 atom stereocenters. The summed E-state index contributed by atoms with van der Waals surface area (Å²) in [6, 6.07) is 0.965. The van der Waals surface area contributed by atoms with Crippen LogP contribution in [0.3, 0.4) is 0 Å². The zero-order chi connectivity index (χ0) is 14.7. The number of carbonyl (C=O) groups excluding carboxylic acids is 1. The number of rotatable bonds is 4. The Morgan fingerprint density at radius 2 is 1.95 bits per heavy atom. The first-order valence-corrected chi connectivity index (χ1v) is 8.21. The predicted octanol–water partition coefficient (Wildman–Crippen LogP) is 1.56. The summed E-state index contributed by atoms with van der Waals surface area (Å²) in [4.78, 5) is 17.1. The lowest BCUT2D eigenvalue weighted by atomic mass is 9.93. The highest BCUT2D eigenvalue weighted by molar-refractivity contribution is 5.80. The fourth-order valence-electron chi connectivity index (χ4n) is 3.38. The van der Waals surface area contributed by atoms with Crippen molar-refractivity contribution in [3.63, 3.8) is 0 Å². The standard InChI is InChI=1S/C16H31N3O/c1-12(2)18(4)11-14-6-9-19(10-7-14)16(20)15-5-8-17-13(15)3/h12-15,17H,5-11H2,1-4H3. The van der Waals surface area contributed by atoms with Crippen molar-refractivity contribution >= 4 is 5.91 Å². The van der Waals surface area contributed by atoms with Crippen LogP contribution in [0.2, 0.25) is 0 Å². The minimum atomic E-state index is 0.213. The van der Waals surface area contributed by atoms with Crippen molar-refractivity contribution < 1.29 is 4.79 Å². The lowest BCUT2D eigenvalue weighted by Crippen LogP contribution is -2.46. The molecule has 0 aromatic carbocycles. The summed E-state index contributed by atoms with van der Waals surface area (Å²) in [6.07, 6.45) is 3.34. The number of hydrogen-bond donors (Lipinski definition) is 1. The minimum absolute atomic E-state index is 0.213. The molecule has 2 aliphatic rings. The Kier molecular flexibility index (Phi) is 5.44. The average molecular weight is 281 g/mol. The van der Waals surface area contributed by atoms with Gasteiger partial charge in [0.1, 0.15) is 0 Å². The maximum Gasteiger partial charge on any atom is 0.227 e. The number of likely N-dealkylation sites (tertiary alicyclic amines) is 1. The third kappa shape index (κ3) is 3.73. The van der Waals surface area contributed by atoms with Crippen LogP contribution in [0.15, 0.2) is 0 Å². The van der Waals surface area contributed by atoms with E-state index in [2.05, 4.69) is 42.9 Å². The zero-order valence-corrected chi connectivity index (χ0v) is 13.6. The molecule has 2 fully saturated rings. The molecule has 20 heavy (non-hydrogen) atoms. The smallest absolute Gasteiger partial charge is 0.227 e. The molecule has 2 rings (SSSR count). The Morgan fingerprint density at radius 1 is 1.30 bits per heavy atom. The molecule has 4 nitrogen and oxygen atoms in total. The number of amides is 1. The lowest BCUT2D eigenvalue weighted by molar-refractivity contribution is -0.137. The first-order valence-electron chi connectivity index (χ1n) is 8.21. The quantitative estimate of drug-likeness (QED) is 0.849. The van der Waals surface area contributed by atoms with Crippen molar-refractivity contribution in [2.45, 2.75) is 52.1 Å². The Labute approximate surface area is 123 Å². The van der Waals surface area contributed by atoms with Gasteiger partial charge in [0.05, 0.1) is 5.92 Å². The molecule has 1 amide bonds. The highest BCUT2D eigenvalue weighted by atomic mass is 16.2. The fourth-order valence-corrected chi connectivity index (χ4v) is 3.38. The van der Waals surface area contributed by atoms with Gasteiger partial charge >= 0.3 is 0 Å². The highest BCUT2D eigenvalue weighted by Gasteiger charge is 2.34. The van der Waals surface area contributed by atoms with Gasteiger partial charge in [-0.05, 0) is 59.5 Å². The number of nitrogens with one attached hydrogen (secondary N) is 1. The molecule has 2 unspecified atom stereocenters. The number of hydrogen-bond acceptors (Lipinski definition) is 3. The van der Waals surface area contributed by atoms with Crippen molar-refractivity contribution in [2.24, 2.45) is 11.8 Å². The average Bonchev–Trinajstić information content (AvgIpc) is 2.85. The zero-order valence-electron chi connectivity index (χ0n) is 13.6. The van der Waals surface area contributed by atoms with E-state index >= 15 is 0 Å². The van der Waals surface area contributed by atoms with E-state index in [4.69, 9.17) is 0 Å². The molecule has 0 aromatic heterocycles. The third-order valence-electron chi connectivity index (χ3n) is 5.20. The summed E-state index contributed by atoms with van der Waals surface area (Å²) < 4.78 is 0. The second kappa shape index (κ2) is 6.90. The lowest BCUT2D eigenvalue weighted by Gasteiger charge is -2.36. The van der Waals surface area contributed by atoms with E-state index in [1.165, 1.54) is 6.54 Å². The van der Waals surface area contributed by atoms with Crippen LogP contribution < -0.4 is 5.32 Å². The van der Waals surface area contributed by atoms with Gasteiger partial charge in [0.15, 0.2) is 0 Å². The molecule has 0 aromatic rings. The van der Waals surface area contributed by atoms with Crippen LogP contribution in [-0.4, -0.2) is 61.0 Å². The second-order valence-electron chi connectivity index (χ2n) is 6.94. The third-order valence-corrected chi connectivity index (χ3v) is 5.20. The molecule has 116 valence electrons. The van der Waals surface area contributed by atoms with E-state index in [1.807, 2.05) is 0 Å². The van der Waals surface area contributed by atoms with Crippen LogP contribution in [0, 0.1) is 11.8 Å². The van der Waals surface area contributed by atoms with Gasteiger partial charge < -0.3 is 15.1 Å². The molecule has 4 heteroatoms. The Hall–Kier alpha value is -0.610. The molecule has 0 bridgehead atoms. The van der Waals surface area contributed by atoms with Crippen LogP contribution in [0.4, 0.5) is 0 Å². The molecule has 1 N–H and O–H groups in total. The van der Waals surface area contributed by atoms with Crippen molar-refractivity contribution in [3.8, 4) is 0 Å². The van der Waals surface area contributed by atoms with E-state index in [9.17, 15) is 4.79 Å². The summed E-state index contributed by atoms with van der Waals surface area (Å²) in [5.74, 6) is 1.36. The highest BCUT2D eigenvalue weighted by Crippen LogP contribution is 2.23. The van der Waals surface area contributed by atoms with E-state index < -0.39 is 0 Å². The molecule has 0 saturated carbocycles. The van der Waals surface area contributed by atoms with Crippen LogP contribution in [0.1, 0.15) is 40.0 Å². The Morgan fingerprint density at radius 3 is 2.45 bits per heavy atom. The molecule has 2 heterocycles. The summed E-state index contributed by atoms with van der Waals surface area (Å²) >= 11 is 0. The Balaban J connectivity index is 1.77. The number of nitrogens with zero attached hydrogens (tertiary/aromatic N) is 2. The second-order valence-corrected chi connectivity index (χ2v) is 6.94. The predicted molar refractivity (Wildman–Crippen MR) is 82.6 cm³/mol. The maximum atomic E-state index is 12.5. The van der Waals surface area contributed by atoms with Gasteiger partial charge in [-0.1, -0.05) is 0 Å². The van der Waals surface area contributed by atoms with Gasteiger partial charge in [-0.2, -0.15) is 0 Å². The van der Waals surface area contributed by atoms with Crippen LogP contribution in [0.5, 0.6) is 0 Å². The molecule has 2 saturated heterocycles. The van der Waals surface area contributed by atoms with Gasteiger partial charge in [0.2, 0.25) is 5.91 Å². The van der Waals surface area contributed by atoms with Gasteiger partial charge in [0.25, 0.3) is 0 Å². The fraction of sp³-hybridized carbons (Fsp3) is 0.938. The van der Waals surface area contributed by atoms with Crippen LogP contribution >= 0.6 is 0 Å². The number of piperidine rings is 1. The van der Waals surface area contributed by atoms with Gasteiger partial charge in [-0.25, -0.2) is 0 Å².